The van der Waals surface area contributed by atoms with E-state index in [1.54, 1.807) is 17.3 Å². The number of nitrogens with zero attached hydrogens (tertiary/aromatic N) is 3. The van der Waals surface area contributed by atoms with Crippen LogP contribution in [0.1, 0.15) is 68.2 Å². The Bertz CT molecular complexity index is 791. The summed E-state index contributed by atoms with van der Waals surface area (Å²) in [5.41, 5.74) is 2.90. The van der Waals surface area contributed by atoms with Gasteiger partial charge >= 0.3 is 6.09 Å². The van der Waals surface area contributed by atoms with Gasteiger partial charge in [0.1, 0.15) is 5.60 Å². The van der Waals surface area contributed by atoms with Crippen molar-refractivity contribution < 1.29 is 14.6 Å². The van der Waals surface area contributed by atoms with Gasteiger partial charge < -0.3 is 9.84 Å². The van der Waals surface area contributed by atoms with Gasteiger partial charge in [0, 0.05) is 12.4 Å². The average Bonchev–Trinajstić information content (AvgIpc) is 2.60. The number of carbonyl (C=O) groups is 1. The van der Waals surface area contributed by atoms with Crippen LogP contribution in [0.2, 0.25) is 0 Å². The molecule has 0 radical (unpaired) electrons. The predicted octanol–water partition coefficient (Wildman–Crippen LogP) is 4.27. The Balaban J connectivity index is 2.10. The van der Waals surface area contributed by atoms with E-state index in [2.05, 4.69) is 9.97 Å². The maximum absolute atomic E-state index is 13.3. The highest BCUT2D eigenvalue weighted by Crippen LogP contribution is 2.43. The lowest BCUT2D eigenvalue weighted by atomic mass is 9.87. The summed E-state index contributed by atoms with van der Waals surface area (Å²) in [7, 11) is 0. The predicted molar refractivity (Wildman–Crippen MR) is 107 cm³/mol. The number of aryl methyl sites for hydroxylation is 2. The number of aromatic nitrogens is 2. The molecule has 3 rings (SSSR count). The van der Waals surface area contributed by atoms with Crippen LogP contribution in [0.4, 0.5) is 4.79 Å². The minimum Gasteiger partial charge on any atom is -0.444 e. The van der Waals surface area contributed by atoms with Crippen molar-refractivity contribution in [2.75, 3.05) is 0 Å². The summed E-state index contributed by atoms with van der Waals surface area (Å²) in [5, 5.41) is 10.7. The molecular weight excluding hydrogens is 354 g/mol. The molecule has 28 heavy (non-hydrogen) atoms. The zero-order valence-electron chi connectivity index (χ0n) is 17.2. The van der Waals surface area contributed by atoms with E-state index >= 15 is 0 Å². The number of aliphatic hydroxyl groups excluding tert-OH is 1. The van der Waals surface area contributed by atoms with E-state index in [4.69, 9.17) is 4.74 Å². The van der Waals surface area contributed by atoms with Crippen molar-refractivity contribution in [2.24, 2.45) is 0 Å². The quantitative estimate of drug-likeness (QED) is 0.838. The molecule has 6 heteroatoms. The lowest BCUT2D eigenvalue weighted by Crippen LogP contribution is -2.47. The van der Waals surface area contributed by atoms with Crippen LogP contribution in [0.15, 0.2) is 36.7 Å². The molecule has 2 atom stereocenters. The monoisotopic (exact) mass is 383 g/mol. The smallest absolute Gasteiger partial charge is 0.411 e. The van der Waals surface area contributed by atoms with Gasteiger partial charge in [-0.1, -0.05) is 12.1 Å². The first kappa shape index (κ1) is 20.3. The van der Waals surface area contributed by atoms with Gasteiger partial charge in [-0.25, -0.2) is 4.79 Å². The van der Waals surface area contributed by atoms with E-state index in [0.717, 1.165) is 22.5 Å². The van der Waals surface area contributed by atoms with Gasteiger partial charge in [0.05, 0.1) is 29.6 Å². The van der Waals surface area contributed by atoms with Crippen molar-refractivity contribution in [3.63, 3.8) is 0 Å². The van der Waals surface area contributed by atoms with Crippen molar-refractivity contribution in [3.8, 4) is 0 Å². The highest BCUT2D eigenvalue weighted by Gasteiger charge is 2.43. The molecule has 0 saturated carbocycles. The summed E-state index contributed by atoms with van der Waals surface area (Å²) in [6.07, 6.45) is 3.30. The largest absolute Gasteiger partial charge is 0.444 e. The third-order valence-corrected chi connectivity index (χ3v) is 5.00. The van der Waals surface area contributed by atoms with E-state index in [0.29, 0.717) is 12.8 Å². The molecule has 3 heterocycles. The molecule has 6 nitrogen and oxygen atoms in total. The van der Waals surface area contributed by atoms with Crippen LogP contribution in [0, 0.1) is 13.8 Å². The van der Waals surface area contributed by atoms with Gasteiger partial charge in [0.15, 0.2) is 0 Å². The number of likely N-dealkylation sites (tertiary alicyclic amines) is 1. The minimum absolute atomic E-state index is 0.383. The fraction of sp³-hybridized carbons (Fsp3) is 0.500. The molecule has 0 aliphatic carbocycles. The summed E-state index contributed by atoms with van der Waals surface area (Å²) in [4.78, 5) is 24.1. The number of aliphatic hydroxyl groups is 1. The third-order valence-electron chi connectivity index (χ3n) is 5.00. The fourth-order valence-electron chi connectivity index (χ4n) is 3.81. The molecule has 2 aromatic rings. The number of rotatable bonds is 2. The number of hydrogen-bond acceptors (Lipinski definition) is 5. The van der Waals surface area contributed by atoms with E-state index in [1.165, 1.54) is 0 Å². The molecule has 1 aliphatic rings. The Morgan fingerprint density at radius 1 is 1.04 bits per heavy atom. The van der Waals surface area contributed by atoms with Crippen LogP contribution in [-0.2, 0) is 4.74 Å². The van der Waals surface area contributed by atoms with Gasteiger partial charge in [-0.05, 0) is 70.7 Å². The summed E-state index contributed by atoms with van der Waals surface area (Å²) >= 11 is 0. The number of hydrogen-bond donors (Lipinski definition) is 1. The Kier molecular flexibility index (Phi) is 5.70. The molecule has 1 N–H and O–H groups in total. The molecule has 2 unspecified atom stereocenters. The molecule has 2 aromatic heterocycles. The standard InChI is InChI=1S/C22H29N3O3/c1-14-8-6-10-23-19(14)17-12-16(26)13-18(20-15(2)9-7-11-24-20)25(17)21(27)28-22(3,4)5/h6-11,16-18,26H,12-13H2,1-5H3. The first-order valence-electron chi connectivity index (χ1n) is 9.70. The maximum atomic E-state index is 13.3. The molecular formula is C22H29N3O3. The molecule has 1 saturated heterocycles. The van der Waals surface area contributed by atoms with Crippen molar-refractivity contribution >= 4 is 6.09 Å². The third kappa shape index (κ3) is 4.33. The molecule has 1 amide bonds. The van der Waals surface area contributed by atoms with E-state index < -0.39 is 17.8 Å². The van der Waals surface area contributed by atoms with Crippen LogP contribution < -0.4 is 0 Å². The second kappa shape index (κ2) is 7.87. The molecule has 0 spiro atoms. The van der Waals surface area contributed by atoms with E-state index in [1.807, 2.05) is 58.9 Å². The molecule has 1 aliphatic heterocycles. The highest BCUT2D eigenvalue weighted by molar-refractivity contribution is 5.70. The average molecular weight is 383 g/mol. The summed E-state index contributed by atoms with van der Waals surface area (Å²) in [6, 6.07) is 6.92. The Morgan fingerprint density at radius 3 is 1.89 bits per heavy atom. The van der Waals surface area contributed by atoms with Crippen LogP contribution in [0.3, 0.4) is 0 Å². The summed E-state index contributed by atoms with van der Waals surface area (Å²) in [6.45, 7) is 9.50. The number of amides is 1. The SMILES string of the molecule is Cc1cccnc1C1CC(O)CC(c2ncccc2C)N1C(=O)OC(C)(C)C. The summed E-state index contributed by atoms with van der Waals surface area (Å²) in [5.74, 6) is 0. The van der Waals surface area contributed by atoms with Gasteiger partial charge in [-0.3, -0.25) is 14.9 Å². The van der Waals surface area contributed by atoms with Crippen LogP contribution in [0.25, 0.3) is 0 Å². The van der Waals surface area contributed by atoms with E-state index in [-0.39, 0.29) is 12.1 Å². The number of ether oxygens (including phenoxy) is 1. The number of carbonyl (C=O) groups excluding carboxylic acids is 1. The van der Waals surface area contributed by atoms with Gasteiger partial charge in [-0.15, -0.1) is 0 Å². The second-order valence-corrected chi connectivity index (χ2v) is 8.46. The van der Waals surface area contributed by atoms with Crippen molar-refractivity contribution in [2.45, 2.75) is 71.2 Å². The Hall–Kier alpha value is -2.47. The molecule has 0 aromatic carbocycles. The van der Waals surface area contributed by atoms with Gasteiger partial charge in [0.25, 0.3) is 0 Å². The van der Waals surface area contributed by atoms with Crippen molar-refractivity contribution in [1.82, 2.24) is 14.9 Å². The normalized spacial score (nSPS) is 22.8. The van der Waals surface area contributed by atoms with Crippen LogP contribution in [-0.4, -0.2) is 37.8 Å². The van der Waals surface area contributed by atoms with Gasteiger partial charge in [0.2, 0.25) is 0 Å². The zero-order valence-corrected chi connectivity index (χ0v) is 17.2. The Morgan fingerprint density at radius 2 is 1.50 bits per heavy atom. The summed E-state index contributed by atoms with van der Waals surface area (Å²) < 4.78 is 5.75. The lowest BCUT2D eigenvalue weighted by molar-refractivity contribution is -0.0336. The lowest BCUT2D eigenvalue weighted by Gasteiger charge is -2.44. The number of pyridine rings is 2. The zero-order chi connectivity index (χ0) is 20.5. The number of piperidine rings is 1. The van der Waals surface area contributed by atoms with E-state index in [9.17, 15) is 9.90 Å². The van der Waals surface area contributed by atoms with Crippen LogP contribution >= 0.6 is 0 Å². The first-order valence-corrected chi connectivity index (χ1v) is 9.70. The Labute approximate surface area is 166 Å². The molecule has 150 valence electrons. The molecule has 0 bridgehead atoms. The van der Waals surface area contributed by atoms with Crippen molar-refractivity contribution in [3.05, 3.63) is 59.2 Å². The van der Waals surface area contributed by atoms with Gasteiger partial charge in [-0.2, -0.15) is 0 Å². The fourth-order valence-corrected chi connectivity index (χ4v) is 3.81. The second-order valence-electron chi connectivity index (χ2n) is 8.46. The van der Waals surface area contributed by atoms with Crippen LogP contribution in [0.5, 0.6) is 0 Å². The maximum Gasteiger partial charge on any atom is 0.411 e. The van der Waals surface area contributed by atoms with Crippen molar-refractivity contribution in [1.29, 1.82) is 0 Å². The minimum atomic E-state index is -0.624. The first-order chi connectivity index (χ1) is 13.2. The molecule has 1 fully saturated rings. The topological polar surface area (TPSA) is 75.6 Å². The highest BCUT2D eigenvalue weighted by atomic mass is 16.6.